The van der Waals surface area contributed by atoms with Crippen LogP contribution in [0.1, 0.15) is 49.9 Å². The van der Waals surface area contributed by atoms with Gasteiger partial charge in [-0.2, -0.15) is 5.10 Å². The SMILES string of the molecule is Cc1nnc(NC(=O)CC2(N)CCCCC2)nc1C. The zero-order valence-electron chi connectivity index (χ0n) is 11.6. The van der Waals surface area contributed by atoms with Gasteiger partial charge in [-0.15, -0.1) is 5.10 Å². The number of hydrogen-bond donors (Lipinski definition) is 2. The molecule has 1 fully saturated rings. The molecule has 1 amide bonds. The number of nitrogens with zero attached hydrogens (tertiary/aromatic N) is 3. The van der Waals surface area contributed by atoms with E-state index in [9.17, 15) is 4.79 Å². The minimum absolute atomic E-state index is 0.130. The van der Waals surface area contributed by atoms with Crippen LogP contribution in [-0.4, -0.2) is 26.6 Å². The number of aromatic nitrogens is 3. The average molecular weight is 263 g/mol. The minimum Gasteiger partial charge on any atom is -0.325 e. The maximum atomic E-state index is 12.0. The smallest absolute Gasteiger partial charge is 0.249 e. The maximum absolute atomic E-state index is 12.0. The van der Waals surface area contributed by atoms with E-state index in [0.717, 1.165) is 37.1 Å². The summed E-state index contributed by atoms with van der Waals surface area (Å²) in [6, 6.07) is 0. The predicted octanol–water partition coefficient (Wildman–Crippen LogP) is 1.48. The number of nitrogens with two attached hydrogens (primary N) is 1. The number of anilines is 1. The molecule has 1 aliphatic rings. The lowest BCUT2D eigenvalue weighted by Crippen LogP contribution is -2.44. The lowest BCUT2D eigenvalue weighted by Gasteiger charge is -2.32. The van der Waals surface area contributed by atoms with Crippen LogP contribution in [-0.2, 0) is 4.79 Å². The van der Waals surface area contributed by atoms with E-state index in [-0.39, 0.29) is 17.4 Å². The zero-order chi connectivity index (χ0) is 13.9. The van der Waals surface area contributed by atoms with Gasteiger partial charge in [-0.1, -0.05) is 19.3 Å². The molecule has 6 nitrogen and oxygen atoms in total. The molecule has 1 aliphatic carbocycles. The molecule has 104 valence electrons. The summed E-state index contributed by atoms with van der Waals surface area (Å²) < 4.78 is 0. The highest BCUT2D eigenvalue weighted by Gasteiger charge is 2.30. The second-order valence-corrected chi connectivity index (χ2v) is 5.45. The Bertz CT molecular complexity index is 468. The molecule has 6 heteroatoms. The van der Waals surface area contributed by atoms with E-state index in [1.165, 1.54) is 6.42 Å². The Morgan fingerprint density at radius 3 is 2.53 bits per heavy atom. The molecule has 0 aliphatic heterocycles. The number of rotatable bonds is 3. The molecular formula is C13H21N5O. The first-order valence-electron chi connectivity index (χ1n) is 6.75. The topological polar surface area (TPSA) is 93.8 Å². The Morgan fingerprint density at radius 1 is 1.21 bits per heavy atom. The van der Waals surface area contributed by atoms with Crippen LogP contribution in [0.25, 0.3) is 0 Å². The summed E-state index contributed by atoms with van der Waals surface area (Å²) in [5.41, 5.74) is 7.42. The quantitative estimate of drug-likeness (QED) is 0.861. The van der Waals surface area contributed by atoms with Gasteiger partial charge in [-0.25, -0.2) is 4.98 Å². The summed E-state index contributed by atoms with van der Waals surface area (Å²) >= 11 is 0. The number of nitrogens with one attached hydrogen (secondary N) is 1. The monoisotopic (exact) mass is 263 g/mol. The highest BCUT2D eigenvalue weighted by Crippen LogP contribution is 2.28. The van der Waals surface area contributed by atoms with E-state index in [2.05, 4.69) is 20.5 Å². The zero-order valence-corrected chi connectivity index (χ0v) is 11.6. The fraction of sp³-hybridized carbons (Fsp3) is 0.692. The van der Waals surface area contributed by atoms with Crippen LogP contribution < -0.4 is 11.1 Å². The van der Waals surface area contributed by atoms with Crippen molar-refractivity contribution in [3.05, 3.63) is 11.4 Å². The lowest BCUT2D eigenvalue weighted by molar-refractivity contribution is -0.117. The summed E-state index contributed by atoms with van der Waals surface area (Å²) in [6.07, 6.45) is 5.56. The molecule has 3 N–H and O–H groups in total. The number of amides is 1. The largest absolute Gasteiger partial charge is 0.325 e. The molecule has 0 unspecified atom stereocenters. The summed E-state index contributed by atoms with van der Waals surface area (Å²) in [4.78, 5) is 16.2. The van der Waals surface area contributed by atoms with Crippen LogP contribution in [0.15, 0.2) is 0 Å². The molecular weight excluding hydrogens is 242 g/mol. The second kappa shape index (κ2) is 5.61. The van der Waals surface area contributed by atoms with Crippen molar-refractivity contribution in [3.8, 4) is 0 Å². The van der Waals surface area contributed by atoms with E-state index in [1.807, 2.05) is 13.8 Å². The highest BCUT2D eigenvalue weighted by atomic mass is 16.1. The molecule has 2 rings (SSSR count). The van der Waals surface area contributed by atoms with Gasteiger partial charge in [-0.3, -0.25) is 10.1 Å². The van der Waals surface area contributed by atoms with Gasteiger partial charge in [0.25, 0.3) is 0 Å². The fourth-order valence-corrected chi connectivity index (χ4v) is 2.43. The minimum atomic E-state index is -0.366. The van der Waals surface area contributed by atoms with Crippen molar-refractivity contribution < 1.29 is 4.79 Å². The third-order valence-corrected chi connectivity index (χ3v) is 3.71. The number of aryl methyl sites for hydroxylation is 2. The number of carbonyl (C=O) groups is 1. The van der Waals surface area contributed by atoms with Crippen LogP contribution >= 0.6 is 0 Å². The molecule has 0 aromatic carbocycles. The Morgan fingerprint density at radius 2 is 1.89 bits per heavy atom. The molecule has 0 bridgehead atoms. The van der Waals surface area contributed by atoms with Crippen molar-refractivity contribution in [2.45, 2.75) is 57.9 Å². The van der Waals surface area contributed by atoms with Gasteiger partial charge in [0, 0.05) is 12.0 Å². The van der Waals surface area contributed by atoms with Crippen LogP contribution in [0, 0.1) is 13.8 Å². The Balaban J connectivity index is 1.95. The third-order valence-electron chi connectivity index (χ3n) is 3.71. The molecule has 0 saturated heterocycles. The summed E-state index contributed by atoms with van der Waals surface area (Å²) in [7, 11) is 0. The number of hydrogen-bond acceptors (Lipinski definition) is 5. The van der Waals surface area contributed by atoms with Gasteiger partial charge >= 0.3 is 0 Å². The fourth-order valence-electron chi connectivity index (χ4n) is 2.43. The third kappa shape index (κ3) is 3.70. The van der Waals surface area contributed by atoms with Gasteiger partial charge in [0.15, 0.2) is 0 Å². The summed E-state index contributed by atoms with van der Waals surface area (Å²) in [6.45, 7) is 3.67. The molecule has 1 aromatic heterocycles. The van der Waals surface area contributed by atoms with Crippen molar-refractivity contribution in [1.29, 1.82) is 0 Å². The van der Waals surface area contributed by atoms with E-state index >= 15 is 0 Å². The predicted molar refractivity (Wildman–Crippen MR) is 72.6 cm³/mol. The van der Waals surface area contributed by atoms with Crippen molar-refractivity contribution in [2.75, 3.05) is 5.32 Å². The Kier molecular flexibility index (Phi) is 4.09. The van der Waals surface area contributed by atoms with Crippen LogP contribution in [0.5, 0.6) is 0 Å². The van der Waals surface area contributed by atoms with Gasteiger partial charge < -0.3 is 5.73 Å². The van der Waals surface area contributed by atoms with Gasteiger partial charge in [0.2, 0.25) is 11.9 Å². The highest BCUT2D eigenvalue weighted by molar-refractivity contribution is 5.89. The van der Waals surface area contributed by atoms with Crippen LogP contribution in [0.2, 0.25) is 0 Å². The number of carbonyl (C=O) groups excluding carboxylic acids is 1. The van der Waals surface area contributed by atoms with Crippen LogP contribution in [0.4, 0.5) is 5.95 Å². The van der Waals surface area contributed by atoms with E-state index in [4.69, 9.17) is 5.73 Å². The van der Waals surface area contributed by atoms with E-state index < -0.39 is 0 Å². The summed E-state index contributed by atoms with van der Waals surface area (Å²) in [5, 5.41) is 10.5. The lowest BCUT2D eigenvalue weighted by atomic mass is 9.80. The maximum Gasteiger partial charge on any atom is 0.249 e. The van der Waals surface area contributed by atoms with Crippen molar-refractivity contribution in [3.63, 3.8) is 0 Å². The molecule has 0 atom stereocenters. The van der Waals surface area contributed by atoms with Crippen molar-refractivity contribution in [1.82, 2.24) is 15.2 Å². The van der Waals surface area contributed by atoms with Gasteiger partial charge in [0.05, 0.1) is 11.4 Å². The van der Waals surface area contributed by atoms with Gasteiger partial charge in [-0.05, 0) is 26.7 Å². The normalized spacial score (nSPS) is 18.1. The van der Waals surface area contributed by atoms with Crippen LogP contribution in [0.3, 0.4) is 0 Å². The first-order valence-corrected chi connectivity index (χ1v) is 6.75. The average Bonchev–Trinajstić information content (AvgIpc) is 2.34. The molecule has 0 spiro atoms. The van der Waals surface area contributed by atoms with E-state index in [1.54, 1.807) is 0 Å². The standard InChI is InChI=1S/C13H21N5O/c1-9-10(2)17-18-12(15-9)16-11(19)8-13(14)6-4-3-5-7-13/h3-8,14H2,1-2H3,(H,15,16,18,19). The van der Waals surface area contributed by atoms with Crippen molar-refractivity contribution >= 4 is 11.9 Å². The van der Waals surface area contributed by atoms with Crippen molar-refractivity contribution in [2.24, 2.45) is 5.73 Å². The Labute approximate surface area is 113 Å². The second-order valence-electron chi connectivity index (χ2n) is 5.45. The molecule has 0 radical (unpaired) electrons. The van der Waals surface area contributed by atoms with E-state index in [0.29, 0.717) is 6.42 Å². The summed E-state index contributed by atoms with van der Waals surface area (Å²) in [5.74, 6) is 0.127. The molecule has 1 aromatic rings. The molecule has 19 heavy (non-hydrogen) atoms. The van der Waals surface area contributed by atoms with Gasteiger partial charge in [0.1, 0.15) is 0 Å². The first kappa shape index (κ1) is 13.9. The molecule has 1 heterocycles. The first-order chi connectivity index (χ1) is 8.98. The molecule has 1 saturated carbocycles. The Hall–Kier alpha value is -1.56.